The summed E-state index contributed by atoms with van der Waals surface area (Å²) in [4.78, 5) is 53.5. The Hall–Kier alpha value is -6.40. The molecule has 2 aromatic heterocycles. The molecule has 1 saturated heterocycles. The molecule has 0 aliphatic carbocycles. The van der Waals surface area contributed by atoms with Gasteiger partial charge in [0.1, 0.15) is 37.5 Å². The Labute approximate surface area is 368 Å². The number of likely N-dealkylation sites (tertiary alicyclic amines) is 1. The quantitative estimate of drug-likeness (QED) is 0.118. The number of carbonyl (C=O) groups is 2. The average Bonchev–Trinajstić information content (AvgIpc) is 3.26. The van der Waals surface area contributed by atoms with Gasteiger partial charge in [0, 0.05) is 67.7 Å². The molecule has 12 nitrogen and oxygen atoms in total. The van der Waals surface area contributed by atoms with Gasteiger partial charge in [-0.15, -0.1) is 0 Å². The van der Waals surface area contributed by atoms with Crippen LogP contribution >= 0.6 is 0 Å². The van der Waals surface area contributed by atoms with Crippen molar-refractivity contribution in [3.05, 3.63) is 146 Å². The summed E-state index contributed by atoms with van der Waals surface area (Å²) in [5.41, 5.74) is 6.10. The van der Waals surface area contributed by atoms with E-state index in [1.54, 1.807) is 12.1 Å². The van der Waals surface area contributed by atoms with E-state index in [1.807, 2.05) is 111 Å². The van der Waals surface area contributed by atoms with E-state index in [4.69, 9.17) is 18.9 Å². The first-order chi connectivity index (χ1) is 30.3. The molecular formula is C51H58N4O8. The summed E-state index contributed by atoms with van der Waals surface area (Å²) >= 11 is 0. The molecule has 6 aromatic rings. The third-order valence-electron chi connectivity index (χ3n) is 11.5. The van der Waals surface area contributed by atoms with Crippen LogP contribution in [0.4, 0.5) is 4.79 Å². The van der Waals surface area contributed by atoms with E-state index in [0.29, 0.717) is 44.2 Å². The number of aryl methyl sites for hydroxylation is 3. The van der Waals surface area contributed by atoms with Gasteiger partial charge in [0.2, 0.25) is 0 Å². The molecule has 4 heterocycles. The third-order valence-corrected chi connectivity index (χ3v) is 11.5. The molecule has 0 N–H and O–H groups in total. The number of nitrogens with zero attached hydrogens (tertiary/aromatic N) is 4. The normalized spacial score (nSPS) is 14.2. The molecule has 0 spiro atoms. The van der Waals surface area contributed by atoms with Gasteiger partial charge in [-0.25, -0.2) is 4.79 Å². The first kappa shape index (κ1) is 44.6. The largest absolute Gasteiger partial charge is 0.489 e. The molecule has 8 rings (SSSR count). The predicted molar refractivity (Wildman–Crippen MR) is 246 cm³/mol. The minimum Gasteiger partial charge on any atom is -0.489 e. The number of rotatable bonds is 11. The van der Waals surface area contributed by atoms with Crippen molar-refractivity contribution in [2.45, 2.75) is 92.3 Å². The number of pyridine rings is 2. The smallest absolute Gasteiger partial charge is 0.410 e. The number of hydrogen-bond donors (Lipinski definition) is 0. The standard InChI is InChI=1S/C32H41N3O5.C19H17NO3/c1-22-6-8-26-23(2)19-30(36)34(27(26)18-22)15-14-33-12-10-25(11-13-33)35(31(37)40-32(3,4)5)21-24-7-9-28-29(20-24)39-17-16-38-28;1-14-11-19(22)20(9-10-21)18-12-16(7-8-17(14)18)23-13-15-5-3-2-4-6-15/h6-9,18-20,25H,10-17,21H2,1-5H3;2-8,10-12H,9,13H2,1H3. The van der Waals surface area contributed by atoms with Crippen molar-refractivity contribution in [1.82, 2.24) is 18.9 Å². The summed E-state index contributed by atoms with van der Waals surface area (Å²) in [7, 11) is 0. The van der Waals surface area contributed by atoms with Crippen molar-refractivity contribution in [1.29, 1.82) is 0 Å². The summed E-state index contributed by atoms with van der Waals surface area (Å²) < 4.78 is 26.4. The van der Waals surface area contributed by atoms with Crippen molar-refractivity contribution < 1.29 is 28.5 Å². The Morgan fingerprint density at radius 2 is 1.40 bits per heavy atom. The molecule has 0 atom stereocenters. The summed E-state index contributed by atoms with van der Waals surface area (Å²) in [6.45, 7) is 16.8. The van der Waals surface area contributed by atoms with Crippen LogP contribution in [0.1, 0.15) is 61.4 Å². The zero-order chi connectivity index (χ0) is 44.7. The maximum absolute atomic E-state index is 13.4. The highest BCUT2D eigenvalue weighted by molar-refractivity contribution is 5.84. The molecule has 12 heteroatoms. The maximum Gasteiger partial charge on any atom is 0.410 e. The fourth-order valence-electron chi connectivity index (χ4n) is 8.25. The van der Waals surface area contributed by atoms with Crippen LogP contribution in [0, 0.1) is 20.8 Å². The summed E-state index contributed by atoms with van der Waals surface area (Å²) in [6.07, 6.45) is 2.11. The Morgan fingerprint density at radius 1 is 0.746 bits per heavy atom. The fourth-order valence-corrected chi connectivity index (χ4v) is 8.25. The van der Waals surface area contributed by atoms with Crippen molar-refractivity contribution in [2.24, 2.45) is 0 Å². The minimum atomic E-state index is -0.578. The van der Waals surface area contributed by atoms with Gasteiger partial charge in [0.05, 0.1) is 17.6 Å². The number of hydrogen-bond acceptors (Lipinski definition) is 9. The maximum atomic E-state index is 13.4. The van der Waals surface area contributed by atoms with Crippen LogP contribution in [-0.2, 0) is 35.8 Å². The average molecular weight is 855 g/mol. The van der Waals surface area contributed by atoms with Gasteiger partial charge in [0.25, 0.3) is 11.1 Å². The number of ether oxygens (including phenoxy) is 4. The molecule has 4 aromatic carbocycles. The van der Waals surface area contributed by atoms with Crippen LogP contribution in [-0.4, -0.2) is 75.8 Å². The first-order valence-electron chi connectivity index (χ1n) is 21.7. The first-order valence-corrected chi connectivity index (χ1v) is 21.7. The molecule has 63 heavy (non-hydrogen) atoms. The van der Waals surface area contributed by atoms with Crippen LogP contribution in [0.3, 0.4) is 0 Å². The molecule has 0 unspecified atom stereocenters. The van der Waals surface area contributed by atoms with Crippen molar-refractivity contribution in [2.75, 3.05) is 32.8 Å². The second-order valence-corrected chi connectivity index (χ2v) is 17.4. The molecule has 2 aliphatic rings. The second-order valence-electron chi connectivity index (χ2n) is 17.4. The number of benzene rings is 4. The Morgan fingerprint density at radius 3 is 2.08 bits per heavy atom. The van der Waals surface area contributed by atoms with Gasteiger partial charge in [-0.1, -0.05) is 48.5 Å². The lowest BCUT2D eigenvalue weighted by Gasteiger charge is -2.39. The summed E-state index contributed by atoms with van der Waals surface area (Å²) in [6, 6.07) is 31.0. The minimum absolute atomic E-state index is 0.0394. The van der Waals surface area contributed by atoms with Crippen LogP contribution in [0.2, 0.25) is 0 Å². The van der Waals surface area contributed by atoms with E-state index >= 15 is 0 Å². The fraction of sp³-hybridized carbons (Fsp3) is 0.373. The van der Waals surface area contributed by atoms with Gasteiger partial charge in [-0.2, -0.15) is 0 Å². The molecule has 2 aliphatic heterocycles. The molecule has 0 saturated carbocycles. The lowest BCUT2D eigenvalue weighted by atomic mass is 10.0. The van der Waals surface area contributed by atoms with Gasteiger partial charge < -0.3 is 42.7 Å². The molecule has 0 bridgehead atoms. The van der Waals surface area contributed by atoms with E-state index in [1.165, 1.54) is 4.57 Å². The van der Waals surface area contributed by atoms with Crippen LogP contribution in [0.5, 0.6) is 17.2 Å². The highest BCUT2D eigenvalue weighted by Gasteiger charge is 2.32. The monoisotopic (exact) mass is 854 g/mol. The topological polar surface area (TPSA) is 122 Å². The highest BCUT2D eigenvalue weighted by Crippen LogP contribution is 2.32. The van der Waals surface area contributed by atoms with Crippen molar-refractivity contribution >= 4 is 34.2 Å². The SMILES string of the molecule is Cc1cc(=O)n(CC=O)c2cc(OCc3ccccc3)ccc12.Cc1ccc2c(C)cc(=O)n(CCN3CCC(N(Cc4ccc5c(c4)OCCO5)C(=O)OC(C)(C)C)CC3)c2c1. The third kappa shape index (κ3) is 11.2. The van der Waals surface area contributed by atoms with E-state index in [-0.39, 0.29) is 29.8 Å². The lowest BCUT2D eigenvalue weighted by molar-refractivity contribution is -0.108. The van der Waals surface area contributed by atoms with E-state index in [0.717, 1.165) is 94.4 Å². The van der Waals surface area contributed by atoms with Gasteiger partial charge in [-0.3, -0.25) is 9.59 Å². The molecular weight excluding hydrogens is 797 g/mol. The Balaban J connectivity index is 0.000000219. The van der Waals surface area contributed by atoms with Crippen LogP contribution in [0.25, 0.3) is 21.8 Å². The summed E-state index contributed by atoms with van der Waals surface area (Å²) in [5.74, 6) is 2.13. The number of piperidine rings is 1. The van der Waals surface area contributed by atoms with Crippen LogP contribution < -0.4 is 25.3 Å². The molecule has 1 fully saturated rings. The lowest BCUT2D eigenvalue weighted by Crippen LogP contribution is -2.49. The van der Waals surface area contributed by atoms with E-state index in [9.17, 15) is 19.2 Å². The zero-order valence-electron chi connectivity index (χ0n) is 37.2. The number of amides is 1. The van der Waals surface area contributed by atoms with E-state index in [2.05, 4.69) is 30.0 Å². The van der Waals surface area contributed by atoms with Gasteiger partial charge in [-0.05, 0) is 113 Å². The number of carbonyl (C=O) groups excluding carboxylic acids is 2. The predicted octanol–water partition coefficient (Wildman–Crippen LogP) is 8.38. The second kappa shape index (κ2) is 19.8. The molecule has 0 radical (unpaired) electrons. The number of aromatic nitrogens is 2. The number of fused-ring (bicyclic) bond motifs is 3. The highest BCUT2D eigenvalue weighted by atomic mass is 16.6. The Bertz CT molecular complexity index is 2690. The Kier molecular flexibility index (Phi) is 14.0. The van der Waals surface area contributed by atoms with Gasteiger partial charge >= 0.3 is 6.09 Å². The zero-order valence-corrected chi connectivity index (χ0v) is 37.2. The van der Waals surface area contributed by atoms with Crippen molar-refractivity contribution in [3.63, 3.8) is 0 Å². The number of aldehydes is 1. The molecule has 330 valence electrons. The summed E-state index contributed by atoms with van der Waals surface area (Å²) in [5, 5.41) is 2.06. The van der Waals surface area contributed by atoms with Crippen molar-refractivity contribution in [3.8, 4) is 17.2 Å². The van der Waals surface area contributed by atoms with Gasteiger partial charge in [0.15, 0.2) is 11.5 Å². The van der Waals surface area contributed by atoms with Crippen LogP contribution in [0.15, 0.2) is 107 Å². The van der Waals surface area contributed by atoms with E-state index < -0.39 is 5.60 Å². The molecule has 1 amide bonds.